The molecular weight excluding hydrogens is 322 g/mol. The monoisotopic (exact) mass is 326 g/mol. The van der Waals surface area contributed by atoms with E-state index >= 15 is 0 Å². The molecule has 11 heavy (non-hydrogen) atoms. The molecule has 1 aromatic rings. The van der Waals surface area contributed by atoms with E-state index in [1.807, 2.05) is 0 Å². The van der Waals surface area contributed by atoms with Crippen molar-refractivity contribution >= 4 is 51.1 Å². The Morgan fingerprint density at radius 1 is 1.36 bits per heavy atom. The van der Waals surface area contributed by atoms with Crippen molar-refractivity contribution in [2.75, 3.05) is 0 Å². The molecule has 0 amide bonds. The molecule has 0 atom stereocenters. The number of hydrogen-bond acceptors (Lipinski definition) is 2. The first-order valence-corrected chi connectivity index (χ1v) is 4.79. The standard InChI is InChI=1S/C6H5BBrIO2/c8-5-2-1-4(7(10)11)3-6(5)9/h1-3,10-11H. The van der Waals surface area contributed by atoms with Crippen LogP contribution < -0.4 is 5.46 Å². The summed E-state index contributed by atoms with van der Waals surface area (Å²) in [6.07, 6.45) is 0. The number of benzene rings is 1. The molecule has 0 saturated carbocycles. The molecule has 0 heterocycles. The average molecular weight is 327 g/mol. The van der Waals surface area contributed by atoms with Gasteiger partial charge in [-0.1, -0.05) is 6.07 Å². The van der Waals surface area contributed by atoms with E-state index < -0.39 is 7.12 Å². The minimum atomic E-state index is -1.38. The average Bonchev–Trinajstić information content (AvgIpc) is 1.94. The summed E-state index contributed by atoms with van der Waals surface area (Å²) >= 11 is 5.42. The second-order valence-electron chi connectivity index (χ2n) is 2.05. The van der Waals surface area contributed by atoms with E-state index in [0.717, 1.165) is 8.04 Å². The molecule has 0 aliphatic heterocycles. The molecule has 0 aliphatic carbocycles. The van der Waals surface area contributed by atoms with Crippen molar-refractivity contribution in [1.82, 2.24) is 0 Å². The van der Waals surface area contributed by atoms with Crippen LogP contribution >= 0.6 is 38.5 Å². The van der Waals surface area contributed by atoms with Gasteiger partial charge in [-0.15, -0.1) is 0 Å². The van der Waals surface area contributed by atoms with Crippen molar-refractivity contribution < 1.29 is 10.0 Å². The van der Waals surface area contributed by atoms with Gasteiger partial charge in [-0.3, -0.25) is 0 Å². The van der Waals surface area contributed by atoms with Crippen LogP contribution in [0.3, 0.4) is 0 Å². The van der Waals surface area contributed by atoms with Gasteiger partial charge in [0.2, 0.25) is 0 Å². The lowest BCUT2D eigenvalue weighted by atomic mass is 9.81. The first-order chi connectivity index (χ1) is 5.11. The maximum atomic E-state index is 8.78. The van der Waals surface area contributed by atoms with E-state index in [2.05, 4.69) is 38.5 Å². The van der Waals surface area contributed by atoms with Gasteiger partial charge in [0.1, 0.15) is 0 Å². The lowest BCUT2D eigenvalue weighted by Crippen LogP contribution is -2.29. The second-order valence-corrected chi connectivity index (χ2v) is 4.06. The lowest BCUT2D eigenvalue weighted by Gasteiger charge is -2.00. The third kappa shape index (κ3) is 2.43. The quantitative estimate of drug-likeness (QED) is 0.590. The molecule has 58 valence electrons. The van der Waals surface area contributed by atoms with Crippen LogP contribution in [-0.4, -0.2) is 17.2 Å². The highest BCUT2D eigenvalue weighted by Crippen LogP contribution is 2.16. The molecular formula is C6H5BBrIO2. The lowest BCUT2D eigenvalue weighted by molar-refractivity contribution is 0.426. The molecule has 0 aliphatic rings. The minimum Gasteiger partial charge on any atom is -0.423 e. The summed E-state index contributed by atoms with van der Waals surface area (Å²) in [6.45, 7) is 0. The highest BCUT2D eigenvalue weighted by Gasteiger charge is 2.11. The van der Waals surface area contributed by atoms with Crippen molar-refractivity contribution in [3.05, 3.63) is 26.2 Å². The van der Waals surface area contributed by atoms with Crippen LogP contribution in [0.5, 0.6) is 0 Å². The van der Waals surface area contributed by atoms with Gasteiger partial charge < -0.3 is 10.0 Å². The Kier molecular flexibility index (Phi) is 3.36. The zero-order valence-corrected chi connectivity index (χ0v) is 9.20. The maximum Gasteiger partial charge on any atom is 0.488 e. The van der Waals surface area contributed by atoms with E-state index in [-0.39, 0.29) is 0 Å². The first-order valence-electron chi connectivity index (χ1n) is 2.92. The van der Waals surface area contributed by atoms with Gasteiger partial charge in [-0.2, -0.15) is 0 Å². The third-order valence-electron chi connectivity index (χ3n) is 1.24. The van der Waals surface area contributed by atoms with Gasteiger partial charge in [0.05, 0.1) is 0 Å². The Labute approximate surface area is 87.0 Å². The van der Waals surface area contributed by atoms with Crippen LogP contribution in [-0.2, 0) is 0 Å². The fourth-order valence-corrected chi connectivity index (χ4v) is 1.46. The second kappa shape index (κ2) is 3.89. The van der Waals surface area contributed by atoms with Crippen LogP contribution in [0.2, 0.25) is 0 Å². The summed E-state index contributed by atoms with van der Waals surface area (Å²) in [7, 11) is -1.38. The number of rotatable bonds is 1. The minimum absolute atomic E-state index is 0.512. The third-order valence-corrected chi connectivity index (χ3v) is 3.57. The summed E-state index contributed by atoms with van der Waals surface area (Å²) in [5.41, 5.74) is 0.512. The van der Waals surface area contributed by atoms with Gasteiger partial charge in [-0.25, -0.2) is 0 Å². The van der Waals surface area contributed by atoms with E-state index in [1.165, 1.54) is 0 Å². The highest BCUT2D eigenvalue weighted by atomic mass is 127. The largest absolute Gasteiger partial charge is 0.488 e. The Morgan fingerprint density at radius 2 is 2.00 bits per heavy atom. The fraction of sp³-hybridized carbons (Fsp3) is 0. The predicted molar refractivity (Wildman–Crippen MR) is 56.7 cm³/mol. The number of hydrogen-bond donors (Lipinski definition) is 2. The molecule has 0 saturated heterocycles. The molecule has 1 aromatic carbocycles. The molecule has 1 rings (SSSR count). The molecule has 0 radical (unpaired) electrons. The van der Waals surface area contributed by atoms with Gasteiger partial charge >= 0.3 is 7.12 Å². The van der Waals surface area contributed by atoms with Gasteiger partial charge in [0.15, 0.2) is 0 Å². The maximum absolute atomic E-state index is 8.78. The van der Waals surface area contributed by atoms with Crippen molar-refractivity contribution in [3.63, 3.8) is 0 Å². The number of halogens is 2. The predicted octanol–water partition coefficient (Wildman–Crippen LogP) is 0.733. The van der Waals surface area contributed by atoms with Crippen molar-refractivity contribution in [1.29, 1.82) is 0 Å². The van der Waals surface area contributed by atoms with E-state index in [1.54, 1.807) is 18.2 Å². The molecule has 0 bridgehead atoms. The Morgan fingerprint density at radius 3 is 2.45 bits per heavy atom. The highest BCUT2D eigenvalue weighted by molar-refractivity contribution is 14.1. The van der Waals surface area contributed by atoms with Crippen molar-refractivity contribution in [2.24, 2.45) is 0 Å². The SMILES string of the molecule is OB(O)c1ccc(Br)c(I)c1. The van der Waals surface area contributed by atoms with Gasteiger partial charge in [-0.05, 0) is 56.1 Å². The normalized spacial score (nSPS) is 9.82. The van der Waals surface area contributed by atoms with Crippen LogP contribution in [0.25, 0.3) is 0 Å². The molecule has 0 aromatic heterocycles. The van der Waals surface area contributed by atoms with E-state index in [0.29, 0.717) is 5.46 Å². The summed E-state index contributed by atoms with van der Waals surface area (Å²) in [5.74, 6) is 0. The summed E-state index contributed by atoms with van der Waals surface area (Å²) in [6, 6.07) is 5.17. The topological polar surface area (TPSA) is 40.5 Å². The summed E-state index contributed by atoms with van der Waals surface area (Å²) < 4.78 is 1.93. The zero-order chi connectivity index (χ0) is 8.43. The molecule has 0 fully saturated rings. The molecule has 0 spiro atoms. The van der Waals surface area contributed by atoms with Crippen LogP contribution in [0.15, 0.2) is 22.7 Å². The Balaban J connectivity index is 3.05. The van der Waals surface area contributed by atoms with E-state index in [4.69, 9.17) is 10.0 Å². The van der Waals surface area contributed by atoms with Crippen LogP contribution in [0.1, 0.15) is 0 Å². The zero-order valence-electron chi connectivity index (χ0n) is 5.46. The molecule has 0 unspecified atom stereocenters. The van der Waals surface area contributed by atoms with Crippen molar-refractivity contribution in [3.8, 4) is 0 Å². The summed E-state index contributed by atoms with van der Waals surface area (Å²) in [5, 5.41) is 17.6. The van der Waals surface area contributed by atoms with Crippen molar-refractivity contribution in [2.45, 2.75) is 0 Å². The van der Waals surface area contributed by atoms with Gasteiger partial charge in [0.25, 0.3) is 0 Å². The first kappa shape index (κ1) is 9.50. The van der Waals surface area contributed by atoms with Gasteiger partial charge in [0, 0.05) is 8.04 Å². The van der Waals surface area contributed by atoms with Crippen LogP contribution in [0.4, 0.5) is 0 Å². The molecule has 2 N–H and O–H groups in total. The molecule has 2 nitrogen and oxygen atoms in total. The Bertz CT molecular complexity index is 267. The van der Waals surface area contributed by atoms with E-state index in [9.17, 15) is 0 Å². The fourth-order valence-electron chi connectivity index (χ4n) is 0.673. The summed E-state index contributed by atoms with van der Waals surface area (Å²) in [4.78, 5) is 0. The smallest absolute Gasteiger partial charge is 0.423 e. The van der Waals surface area contributed by atoms with Crippen LogP contribution in [0, 0.1) is 3.57 Å². The Hall–Kier alpha value is 0.415. The molecule has 5 heteroatoms.